The Bertz CT molecular complexity index is 1750. The number of carboxylic acids is 1. The molecule has 1 aliphatic rings. The van der Waals surface area contributed by atoms with Crippen molar-refractivity contribution in [3.05, 3.63) is 83.3 Å². The molecular weight excluding hydrogens is 598 g/mol. The van der Waals surface area contributed by atoms with Crippen molar-refractivity contribution < 1.29 is 41.8 Å². The fourth-order valence-corrected chi connectivity index (χ4v) is 5.34. The van der Waals surface area contributed by atoms with Crippen LogP contribution >= 0.6 is 0 Å². The quantitative estimate of drug-likeness (QED) is 0.210. The van der Waals surface area contributed by atoms with Gasteiger partial charge in [0.05, 0.1) is 29.4 Å². The van der Waals surface area contributed by atoms with Gasteiger partial charge in [-0.2, -0.15) is 18.3 Å². The molecule has 1 saturated heterocycles. The number of methoxy groups -OCH3 is 1. The molecule has 2 amide bonds. The summed E-state index contributed by atoms with van der Waals surface area (Å²) in [6.07, 6.45) is -3.63. The first-order valence-electron chi connectivity index (χ1n) is 14.0. The number of ether oxygens (including phenoxy) is 1. The van der Waals surface area contributed by atoms with Crippen LogP contribution in [0.5, 0.6) is 0 Å². The molecule has 1 aliphatic heterocycles. The smallest absolute Gasteiger partial charge is 0.408 e. The summed E-state index contributed by atoms with van der Waals surface area (Å²) in [5.74, 6) is -3.32. The third-order valence-electron chi connectivity index (χ3n) is 7.48. The number of hydrogen-bond donors (Lipinski definition) is 3. The fraction of sp³-hybridized carbons (Fsp3) is 0.290. The molecule has 3 N–H and O–H groups in total. The molecule has 45 heavy (non-hydrogen) atoms. The number of carboxylic acid groups (broad SMARTS) is 1. The monoisotopic (exact) mass is 627 g/mol. The number of carbonyl (C=O) groups excluding carboxylic acids is 2. The lowest BCUT2D eigenvalue weighted by atomic mass is 10.0. The first-order chi connectivity index (χ1) is 21.4. The first-order valence-corrected chi connectivity index (χ1v) is 14.0. The summed E-state index contributed by atoms with van der Waals surface area (Å²) in [6, 6.07) is 14.0. The third-order valence-corrected chi connectivity index (χ3v) is 7.48. The molecule has 0 atom stereocenters. The zero-order valence-electron chi connectivity index (χ0n) is 24.0. The van der Waals surface area contributed by atoms with E-state index in [9.17, 15) is 37.1 Å². The van der Waals surface area contributed by atoms with Gasteiger partial charge in [0, 0.05) is 36.8 Å². The minimum Gasteiger partial charge on any atom is -0.481 e. The van der Waals surface area contributed by atoms with Crippen molar-refractivity contribution in [3.63, 3.8) is 0 Å². The summed E-state index contributed by atoms with van der Waals surface area (Å²) < 4.78 is 59.8. The number of hydrogen-bond acceptors (Lipinski definition) is 6. The van der Waals surface area contributed by atoms with Crippen LogP contribution in [0.25, 0.3) is 10.9 Å². The topological polar surface area (TPSA) is 126 Å². The lowest BCUT2D eigenvalue weighted by molar-refractivity contribution is -0.142. The predicted octanol–water partition coefficient (Wildman–Crippen LogP) is 5.48. The standard InChI is InChI=1S/C31H29F4N5O5/c1-45-21-10-12-39(13-11-21)26-9-6-18(29(43)36-23-8-7-20(32)14-19(23)16-27(41)42)15-24(26)37-30(44)28-22-4-2-3-5-25(22)40(38-28)17-31(33,34)35/h2-9,14-15,21H,10-13,16-17H2,1H3,(H,36,43)(H,37,44)(H,41,42). The predicted molar refractivity (Wildman–Crippen MR) is 158 cm³/mol. The Morgan fingerprint density at radius 1 is 0.978 bits per heavy atom. The highest BCUT2D eigenvalue weighted by molar-refractivity contribution is 6.13. The molecule has 10 nitrogen and oxygen atoms in total. The number of nitrogens with zero attached hydrogens (tertiary/aromatic N) is 3. The Morgan fingerprint density at radius 3 is 2.38 bits per heavy atom. The molecule has 0 saturated carbocycles. The summed E-state index contributed by atoms with van der Waals surface area (Å²) in [4.78, 5) is 40.2. The van der Waals surface area contributed by atoms with E-state index in [-0.39, 0.29) is 45.2 Å². The van der Waals surface area contributed by atoms with Gasteiger partial charge in [-0.05, 0) is 60.9 Å². The summed E-state index contributed by atoms with van der Waals surface area (Å²) in [5.41, 5.74) is 0.929. The van der Waals surface area contributed by atoms with Crippen molar-refractivity contribution in [2.24, 2.45) is 0 Å². The molecule has 14 heteroatoms. The van der Waals surface area contributed by atoms with Gasteiger partial charge in [-0.25, -0.2) is 4.39 Å². The van der Waals surface area contributed by atoms with Gasteiger partial charge >= 0.3 is 12.1 Å². The second kappa shape index (κ2) is 12.9. The molecular formula is C31H29F4N5O5. The highest BCUT2D eigenvalue weighted by atomic mass is 19.4. The van der Waals surface area contributed by atoms with Gasteiger partial charge in [0.15, 0.2) is 5.69 Å². The largest absolute Gasteiger partial charge is 0.481 e. The number of nitrogens with one attached hydrogen (secondary N) is 2. The van der Waals surface area contributed by atoms with Gasteiger partial charge in [-0.15, -0.1) is 0 Å². The van der Waals surface area contributed by atoms with Crippen LogP contribution in [-0.2, 0) is 22.5 Å². The maximum Gasteiger partial charge on any atom is 0.408 e. The number of alkyl halides is 3. The number of anilines is 3. The molecule has 1 fully saturated rings. The molecule has 5 rings (SSSR count). The van der Waals surface area contributed by atoms with Gasteiger partial charge in [-0.1, -0.05) is 18.2 Å². The Labute approximate surface area is 254 Å². The second-order valence-electron chi connectivity index (χ2n) is 10.6. The number of fused-ring (bicyclic) bond motifs is 1. The molecule has 236 valence electrons. The van der Waals surface area contributed by atoms with E-state index in [2.05, 4.69) is 15.7 Å². The van der Waals surface area contributed by atoms with E-state index in [1.807, 2.05) is 4.90 Å². The summed E-state index contributed by atoms with van der Waals surface area (Å²) >= 11 is 0. The molecule has 0 unspecified atom stereocenters. The number of carbonyl (C=O) groups is 3. The van der Waals surface area contributed by atoms with Crippen LogP contribution < -0.4 is 15.5 Å². The van der Waals surface area contributed by atoms with E-state index < -0.39 is 42.7 Å². The summed E-state index contributed by atoms with van der Waals surface area (Å²) in [7, 11) is 1.63. The van der Waals surface area contributed by atoms with Crippen molar-refractivity contribution in [3.8, 4) is 0 Å². The molecule has 0 bridgehead atoms. The molecule has 0 spiro atoms. The molecule has 2 heterocycles. The average Bonchev–Trinajstić information content (AvgIpc) is 3.35. The highest BCUT2D eigenvalue weighted by Gasteiger charge is 2.31. The van der Waals surface area contributed by atoms with Crippen LogP contribution in [0.3, 0.4) is 0 Å². The maximum atomic E-state index is 13.8. The maximum absolute atomic E-state index is 13.8. The molecule has 4 aromatic rings. The number of aromatic nitrogens is 2. The lowest BCUT2D eigenvalue weighted by Crippen LogP contribution is -2.37. The number of amides is 2. The number of para-hydroxylation sites is 1. The van der Waals surface area contributed by atoms with E-state index in [0.29, 0.717) is 31.6 Å². The van der Waals surface area contributed by atoms with Gasteiger partial charge in [-0.3, -0.25) is 19.1 Å². The van der Waals surface area contributed by atoms with E-state index in [1.165, 1.54) is 30.3 Å². The fourth-order valence-electron chi connectivity index (χ4n) is 5.34. The number of benzene rings is 3. The number of piperidine rings is 1. The van der Waals surface area contributed by atoms with Crippen molar-refractivity contribution in [1.82, 2.24) is 9.78 Å². The number of rotatable bonds is 9. The van der Waals surface area contributed by atoms with Crippen molar-refractivity contribution >= 4 is 45.7 Å². The minimum atomic E-state index is -4.57. The summed E-state index contributed by atoms with van der Waals surface area (Å²) in [5, 5.41) is 18.8. The second-order valence-corrected chi connectivity index (χ2v) is 10.6. The minimum absolute atomic E-state index is 0.0586. The molecule has 1 aromatic heterocycles. The van der Waals surface area contributed by atoms with E-state index in [4.69, 9.17) is 4.74 Å². The molecule has 0 radical (unpaired) electrons. The van der Waals surface area contributed by atoms with E-state index >= 15 is 0 Å². The Kier molecular flexibility index (Phi) is 9.04. The van der Waals surface area contributed by atoms with Gasteiger partial charge < -0.3 is 25.4 Å². The van der Waals surface area contributed by atoms with Crippen molar-refractivity contribution in [2.45, 2.75) is 38.1 Å². The van der Waals surface area contributed by atoms with Crippen LogP contribution in [0.15, 0.2) is 60.7 Å². The summed E-state index contributed by atoms with van der Waals surface area (Å²) in [6.45, 7) is -0.238. The molecule has 0 aliphatic carbocycles. The number of halogens is 4. The van der Waals surface area contributed by atoms with E-state index in [1.54, 1.807) is 25.3 Å². The third kappa shape index (κ3) is 7.40. The van der Waals surface area contributed by atoms with Crippen LogP contribution in [0.4, 0.5) is 34.6 Å². The normalized spacial score (nSPS) is 14.0. The van der Waals surface area contributed by atoms with Crippen LogP contribution in [0, 0.1) is 5.82 Å². The zero-order chi connectivity index (χ0) is 32.3. The van der Waals surface area contributed by atoms with Crippen molar-refractivity contribution in [1.29, 1.82) is 0 Å². The average molecular weight is 628 g/mol. The van der Waals surface area contributed by atoms with Crippen LogP contribution in [-0.4, -0.2) is 65.2 Å². The zero-order valence-corrected chi connectivity index (χ0v) is 24.0. The van der Waals surface area contributed by atoms with Gasteiger partial charge in [0.2, 0.25) is 0 Å². The van der Waals surface area contributed by atoms with Gasteiger partial charge in [0.25, 0.3) is 11.8 Å². The first kappa shape index (κ1) is 31.4. The van der Waals surface area contributed by atoms with Crippen LogP contribution in [0.2, 0.25) is 0 Å². The Hall–Kier alpha value is -4.98. The lowest BCUT2D eigenvalue weighted by Gasteiger charge is -2.34. The Balaban J connectivity index is 1.49. The van der Waals surface area contributed by atoms with E-state index in [0.717, 1.165) is 16.8 Å². The van der Waals surface area contributed by atoms with Crippen LogP contribution in [0.1, 0.15) is 39.3 Å². The van der Waals surface area contributed by atoms with Crippen molar-refractivity contribution in [2.75, 3.05) is 35.7 Å². The Morgan fingerprint density at radius 2 is 1.69 bits per heavy atom. The SMILES string of the molecule is COC1CCN(c2ccc(C(=O)Nc3ccc(F)cc3CC(=O)O)cc2NC(=O)c2nn(CC(F)(F)F)c3ccccc23)CC1. The highest BCUT2D eigenvalue weighted by Crippen LogP contribution is 2.32. The molecule has 3 aromatic carbocycles. The van der Waals surface area contributed by atoms with Gasteiger partial charge in [0.1, 0.15) is 12.4 Å². The number of aliphatic carboxylic acids is 1.